The Morgan fingerprint density at radius 2 is 2.05 bits per heavy atom. The Kier molecular flexibility index (Phi) is 4.87. The summed E-state index contributed by atoms with van der Waals surface area (Å²) in [5, 5.41) is 11.8. The van der Waals surface area contributed by atoms with Gasteiger partial charge in [-0.15, -0.1) is 0 Å². The molecule has 1 saturated carbocycles. The van der Waals surface area contributed by atoms with Gasteiger partial charge in [-0.05, 0) is 25.0 Å². The highest BCUT2D eigenvalue weighted by Gasteiger charge is 2.43. The van der Waals surface area contributed by atoms with Gasteiger partial charge in [0.05, 0.1) is 5.75 Å². The van der Waals surface area contributed by atoms with Gasteiger partial charge in [0.25, 0.3) is 11.7 Å². The van der Waals surface area contributed by atoms with Crippen LogP contribution in [0.25, 0.3) is 0 Å². The topological polar surface area (TPSA) is 79.5 Å². The molecule has 1 aliphatic carbocycles. The predicted molar refractivity (Wildman–Crippen MR) is 72.3 cm³/mol. The standard InChI is InChI=1S/C13H15F2NO4S/c14-12(15)21-7-8-3-4-9(20-8)10(17)16-13(11(18)19)5-1-2-6-13/h3-4,12H,1-2,5-7H2,(H,16,17)(H,18,19). The minimum Gasteiger partial charge on any atom is -0.480 e. The van der Waals surface area contributed by atoms with Gasteiger partial charge in [-0.2, -0.15) is 8.78 Å². The number of aliphatic carboxylic acids is 1. The quantitative estimate of drug-likeness (QED) is 0.843. The van der Waals surface area contributed by atoms with Crippen LogP contribution in [0.5, 0.6) is 0 Å². The Hall–Kier alpha value is -1.57. The molecule has 2 N–H and O–H groups in total. The number of halogens is 2. The first kappa shape index (κ1) is 15.8. The van der Waals surface area contributed by atoms with E-state index in [1.165, 1.54) is 12.1 Å². The van der Waals surface area contributed by atoms with E-state index < -0.39 is 23.2 Å². The van der Waals surface area contributed by atoms with Crippen molar-refractivity contribution in [1.29, 1.82) is 0 Å². The molecule has 0 radical (unpaired) electrons. The highest BCUT2D eigenvalue weighted by Crippen LogP contribution is 2.30. The molecule has 0 saturated heterocycles. The Balaban J connectivity index is 2.01. The number of furan rings is 1. The lowest BCUT2D eigenvalue weighted by atomic mass is 9.98. The molecule has 1 amide bonds. The maximum atomic E-state index is 12.1. The van der Waals surface area contributed by atoms with E-state index in [2.05, 4.69) is 5.32 Å². The second-order valence-electron chi connectivity index (χ2n) is 4.89. The molecule has 1 aliphatic rings. The zero-order chi connectivity index (χ0) is 15.5. The maximum Gasteiger partial charge on any atom is 0.329 e. The number of thioether (sulfide) groups is 1. The van der Waals surface area contributed by atoms with Crippen LogP contribution in [-0.4, -0.2) is 28.3 Å². The van der Waals surface area contributed by atoms with Crippen molar-refractivity contribution < 1.29 is 27.9 Å². The van der Waals surface area contributed by atoms with Crippen LogP contribution in [0.2, 0.25) is 0 Å². The Bertz CT molecular complexity index is 526. The van der Waals surface area contributed by atoms with Crippen LogP contribution in [0.4, 0.5) is 8.78 Å². The smallest absolute Gasteiger partial charge is 0.329 e. The predicted octanol–water partition coefficient (Wildman–Crippen LogP) is 2.86. The van der Waals surface area contributed by atoms with Crippen LogP contribution < -0.4 is 5.32 Å². The molecule has 1 heterocycles. The van der Waals surface area contributed by atoms with E-state index in [0.717, 1.165) is 12.8 Å². The lowest BCUT2D eigenvalue weighted by molar-refractivity contribution is -0.144. The summed E-state index contributed by atoms with van der Waals surface area (Å²) in [6.07, 6.45) is 2.23. The summed E-state index contributed by atoms with van der Waals surface area (Å²) < 4.78 is 29.3. The van der Waals surface area contributed by atoms with Gasteiger partial charge in [-0.1, -0.05) is 24.6 Å². The highest BCUT2D eigenvalue weighted by molar-refractivity contribution is 7.98. The van der Waals surface area contributed by atoms with E-state index >= 15 is 0 Å². The average molecular weight is 319 g/mol. The summed E-state index contributed by atoms with van der Waals surface area (Å²) in [4.78, 5) is 23.4. The van der Waals surface area contributed by atoms with Gasteiger partial charge < -0.3 is 14.8 Å². The van der Waals surface area contributed by atoms with E-state index in [9.17, 15) is 23.5 Å². The molecule has 0 unspecified atom stereocenters. The monoisotopic (exact) mass is 319 g/mol. The molecule has 5 nitrogen and oxygen atoms in total. The summed E-state index contributed by atoms with van der Waals surface area (Å²) in [5.74, 6) is -4.06. The van der Waals surface area contributed by atoms with E-state index in [1.54, 1.807) is 0 Å². The molecular weight excluding hydrogens is 304 g/mol. The SMILES string of the molecule is O=C(NC1(C(=O)O)CCCC1)c1ccc(CSC(F)F)o1. The first-order chi connectivity index (χ1) is 9.93. The molecule has 1 fully saturated rings. The molecule has 8 heteroatoms. The fourth-order valence-corrected chi connectivity index (χ4v) is 2.82. The van der Waals surface area contributed by atoms with E-state index in [4.69, 9.17) is 4.42 Å². The number of carboxylic acids is 1. The third-order valence-electron chi connectivity index (χ3n) is 3.46. The van der Waals surface area contributed by atoms with Crippen molar-refractivity contribution in [3.8, 4) is 0 Å². The number of carbonyl (C=O) groups excluding carboxylic acids is 1. The Morgan fingerprint density at radius 1 is 1.38 bits per heavy atom. The van der Waals surface area contributed by atoms with Gasteiger partial charge in [-0.3, -0.25) is 4.79 Å². The number of carboxylic acid groups (broad SMARTS) is 1. The first-order valence-corrected chi connectivity index (χ1v) is 7.52. The van der Waals surface area contributed by atoms with Gasteiger partial charge in [0.15, 0.2) is 5.76 Å². The van der Waals surface area contributed by atoms with Gasteiger partial charge in [0.2, 0.25) is 0 Å². The van der Waals surface area contributed by atoms with Crippen LogP contribution in [0.15, 0.2) is 16.5 Å². The molecular formula is C13H15F2NO4S. The third kappa shape index (κ3) is 3.75. The van der Waals surface area contributed by atoms with Gasteiger partial charge >= 0.3 is 5.97 Å². The molecule has 0 aromatic carbocycles. The fraction of sp³-hybridized carbons (Fsp3) is 0.538. The second-order valence-corrected chi connectivity index (χ2v) is 5.86. The number of rotatable bonds is 6. The summed E-state index contributed by atoms with van der Waals surface area (Å²) in [6, 6.07) is 2.80. The lowest BCUT2D eigenvalue weighted by Crippen LogP contribution is -2.52. The minimum atomic E-state index is -2.51. The number of hydrogen-bond donors (Lipinski definition) is 2. The maximum absolute atomic E-state index is 12.1. The molecule has 0 atom stereocenters. The van der Waals surface area contributed by atoms with Crippen LogP contribution in [-0.2, 0) is 10.5 Å². The number of hydrogen-bond acceptors (Lipinski definition) is 4. The minimum absolute atomic E-state index is 0.0466. The zero-order valence-corrected chi connectivity index (χ0v) is 11.9. The third-order valence-corrected chi connectivity index (χ3v) is 4.16. The molecule has 0 spiro atoms. The van der Waals surface area contributed by atoms with Crippen molar-refractivity contribution in [1.82, 2.24) is 5.32 Å². The molecule has 2 rings (SSSR count). The molecule has 21 heavy (non-hydrogen) atoms. The molecule has 116 valence electrons. The Morgan fingerprint density at radius 3 is 2.62 bits per heavy atom. The van der Waals surface area contributed by atoms with Crippen molar-refractivity contribution in [2.45, 2.75) is 42.7 Å². The molecule has 1 aromatic heterocycles. The van der Waals surface area contributed by atoms with Crippen molar-refractivity contribution >= 4 is 23.6 Å². The average Bonchev–Trinajstić information content (AvgIpc) is 3.05. The van der Waals surface area contributed by atoms with Gasteiger partial charge in [-0.25, -0.2) is 4.79 Å². The first-order valence-electron chi connectivity index (χ1n) is 6.47. The number of alkyl halides is 2. The van der Waals surface area contributed by atoms with Crippen molar-refractivity contribution in [2.24, 2.45) is 0 Å². The van der Waals surface area contributed by atoms with Crippen LogP contribution in [0.1, 0.15) is 42.0 Å². The number of carbonyl (C=O) groups is 2. The van der Waals surface area contributed by atoms with E-state index in [0.29, 0.717) is 24.6 Å². The van der Waals surface area contributed by atoms with Gasteiger partial charge in [0.1, 0.15) is 11.3 Å². The summed E-state index contributed by atoms with van der Waals surface area (Å²) in [5.41, 5.74) is -1.25. The zero-order valence-electron chi connectivity index (χ0n) is 11.1. The molecule has 0 aliphatic heterocycles. The van der Waals surface area contributed by atoms with Crippen LogP contribution >= 0.6 is 11.8 Å². The normalized spacial score (nSPS) is 17.1. The summed E-state index contributed by atoms with van der Waals surface area (Å²) in [7, 11) is 0. The second kappa shape index (κ2) is 6.46. The fourth-order valence-electron chi connectivity index (χ4n) is 2.37. The lowest BCUT2D eigenvalue weighted by Gasteiger charge is -2.24. The van der Waals surface area contributed by atoms with Crippen molar-refractivity contribution in [2.75, 3.05) is 0 Å². The summed E-state index contributed by atoms with van der Waals surface area (Å²) >= 11 is 0.394. The van der Waals surface area contributed by atoms with E-state index in [-0.39, 0.29) is 17.3 Å². The number of nitrogens with one attached hydrogen (secondary N) is 1. The largest absolute Gasteiger partial charge is 0.480 e. The van der Waals surface area contributed by atoms with Crippen molar-refractivity contribution in [3.63, 3.8) is 0 Å². The summed E-state index contributed by atoms with van der Waals surface area (Å²) in [6.45, 7) is 0. The van der Waals surface area contributed by atoms with Crippen LogP contribution in [0.3, 0.4) is 0 Å². The highest BCUT2D eigenvalue weighted by atomic mass is 32.2. The number of amides is 1. The van der Waals surface area contributed by atoms with Crippen LogP contribution in [0, 0.1) is 0 Å². The van der Waals surface area contributed by atoms with E-state index in [1.807, 2.05) is 0 Å². The Labute approximate surface area is 124 Å². The molecule has 1 aromatic rings. The molecule has 0 bridgehead atoms. The van der Waals surface area contributed by atoms with Gasteiger partial charge in [0, 0.05) is 0 Å². The van der Waals surface area contributed by atoms with Crippen molar-refractivity contribution in [3.05, 3.63) is 23.7 Å².